The van der Waals surface area contributed by atoms with Gasteiger partial charge in [-0.05, 0) is 52.7 Å². The highest BCUT2D eigenvalue weighted by molar-refractivity contribution is 6.06. The molecular formula is C25H28O7. The highest BCUT2D eigenvalue weighted by Crippen LogP contribution is 2.49. The Morgan fingerprint density at radius 3 is 2.09 bits per heavy atom. The molecule has 0 fully saturated rings. The predicted molar refractivity (Wildman–Crippen MR) is 120 cm³/mol. The number of ketones is 1. The molecule has 7 nitrogen and oxygen atoms in total. The SMILES string of the molecule is CC(C)=CCc1c(O)c(CC=C(C)C)c2c(c1O)C(=O)[C@@H](O)[C@@H](c1ccc(O)cc1O)O2. The van der Waals surface area contributed by atoms with Crippen LogP contribution >= 0.6 is 0 Å². The summed E-state index contributed by atoms with van der Waals surface area (Å²) < 4.78 is 5.95. The fraction of sp³-hybridized carbons (Fsp3) is 0.320. The van der Waals surface area contributed by atoms with Gasteiger partial charge in [0.25, 0.3) is 0 Å². The zero-order valence-electron chi connectivity index (χ0n) is 18.5. The third-order valence-corrected chi connectivity index (χ3v) is 5.39. The molecule has 2 aromatic carbocycles. The summed E-state index contributed by atoms with van der Waals surface area (Å²) in [6.07, 6.45) is 1.10. The van der Waals surface area contributed by atoms with E-state index in [9.17, 15) is 30.3 Å². The fourth-order valence-electron chi connectivity index (χ4n) is 3.65. The second-order valence-electron chi connectivity index (χ2n) is 8.42. The first-order valence-corrected chi connectivity index (χ1v) is 10.3. The van der Waals surface area contributed by atoms with Gasteiger partial charge in [0.1, 0.15) is 34.3 Å². The number of phenols is 4. The van der Waals surface area contributed by atoms with Crippen LogP contribution in [-0.4, -0.2) is 37.4 Å². The standard InChI is InChI=1S/C25H28O7/c1-12(2)5-8-16-20(28)17(9-6-13(3)4)24-19(21(16)29)22(30)23(31)25(32-24)15-10-7-14(26)11-18(15)27/h5-7,10-11,23,25-29,31H,8-9H2,1-4H3/t23-,25-/m1/s1. The van der Waals surface area contributed by atoms with Crippen molar-refractivity contribution in [1.29, 1.82) is 0 Å². The van der Waals surface area contributed by atoms with Crippen LogP contribution in [0.15, 0.2) is 41.5 Å². The highest BCUT2D eigenvalue weighted by atomic mass is 16.5. The molecule has 0 unspecified atom stereocenters. The maximum atomic E-state index is 13.2. The van der Waals surface area contributed by atoms with Crippen LogP contribution in [0.5, 0.6) is 28.7 Å². The molecule has 0 amide bonds. The lowest BCUT2D eigenvalue weighted by Crippen LogP contribution is -2.37. The van der Waals surface area contributed by atoms with Gasteiger partial charge in [0.2, 0.25) is 5.78 Å². The van der Waals surface area contributed by atoms with Crippen LogP contribution in [0.2, 0.25) is 0 Å². The Bertz CT molecular complexity index is 1120. The smallest absolute Gasteiger partial charge is 0.202 e. The summed E-state index contributed by atoms with van der Waals surface area (Å²) in [6, 6.07) is 3.72. The Balaban J connectivity index is 2.24. The van der Waals surface area contributed by atoms with Gasteiger partial charge in [0, 0.05) is 22.8 Å². The number of ether oxygens (including phenoxy) is 1. The summed E-state index contributed by atoms with van der Waals surface area (Å²) >= 11 is 0. The molecule has 3 rings (SSSR count). The van der Waals surface area contributed by atoms with Crippen LogP contribution in [0.25, 0.3) is 0 Å². The van der Waals surface area contributed by atoms with Gasteiger partial charge in [-0.2, -0.15) is 0 Å². The second kappa shape index (κ2) is 8.96. The minimum absolute atomic E-state index is 0.0359. The van der Waals surface area contributed by atoms with Crippen molar-refractivity contribution in [2.75, 3.05) is 0 Å². The van der Waals surface area contributed by atoms with Crippen LogP contribution in [0.1, 0.15) is 60.8 Å². The van der Waals surface area contributed by atoms with Gasteiger partial charge in [0.05, 0.1) is 0 Å². The summed E-state index contributed by atoms with van der Waals surface area (Å²) in [6.45, 7) is 7.54. The molecule has 170 valence electrons. The molecule has 5 N–H and O–H groups in total. The van der Waals surface area contributed by atoms with Gasteiger partial charge in [-0.15, -0.1) is 0 Å². The topological polar surface area (TPSA) is 127 Å². The van der Waals surface area contributed by atoms with Gasteiger partial charge in [-0.25, -0.2) is 0 Å². The normalized spacial score (nSPS) is 17.3. The monoisotopic (exact) mass is 440 g/mol. The molecule has 1 aliphatic heterocycles. The van der Waals surface area contributed by atoms with E-state index in [-0.39, 0.29) is 52.5 Å². The molecule has 0 saturated carbocycles. The van der Waals surface area contributed by atoms with Crippen molar-refractivity contribution in [3.63, 3.8) is 0 Å². The van der Waals surface area contributed by atoms with E-state index in [2.05, 4.69) is 0 Å². The van der Waals surface area contributed by atoms with Crippen LogP contribution in [-0.2, 0) is 12.8 Å². The van der Waals surface area contributed by atoms with Gasteiger partial charge >= 0.3 is 0 Å². The maximum absolute atomic E-state index is 13.2. The first-order chi connectivity index (χ1) is 15.0. The summed E-state index contributed by atoms with van der Waals surface area (Å²) in [5.41, 5.74) is 2.33. The molecule has 0 spiro atoms. The second-order valence-corrected chi connectivity index (χ2v) is 8.42. The molecule has 0 aromatic heterocycles. The zero-order chi connectivity index (χ0) is 23.7. The largest absolute Gasteiger partial charge is 0.508 e. The Kier molecular flexibility index (Phi) is 6.50. The van der Waals surface area contributed by atoms with Crippen molar-refractivity contribution in [1.82, 2.24) is 0 Å². The average Bonchev–Trinajstić information content (AvgIpc) is 2.70. The minimum Gasteiger partial charge on any atom is -0.508 e. The number of fused-ring (bicyclic) bond motifs is 1. The van der Waals surface area contributed by atoms with E-state index in [0.29, 0.717) is 5.56 Å². The van der Waals surface area contributed by atoms with Gasteiger partial charge in [-0.1, -0.05) is 23.3 Å². The molecule has 0 aliphatic carbocycles. The number of benzene rings is 2. The van der Waals surface area contributed by atoms with E-state index in [1.54, 1.807) is 0 Å². The van der Waals surface area contributed by atoms with Crippen LogP contribution < -0.4 is 4.74 Å². The van der Waals surface area contributed by atoms with Crippen molar-refractivity contribution >= 4 is 5.78 Å². The first-order valence-electron chi connectivity index (χ1n) is 10.3. The predicted octanol–water partition coefficient (Wildman–Crippen LogP) is 4.20. The summed E-state index contributed by atoms with van der Waals surface area (Å²) in [4.78, 5) is 13.2. The number of phenolic OH excluding ortho intramolecular Hbond substituents is 4. The number of carbonyl (C=O) groups is 1. The Morgan fingerprint density at radius 1 is 0.938 bits per heavy atom. The molecule has 7 heteroatoms. The van der Waals surface area contributed by atoms with Crippen molar-refractivity contribution in [3.05, 3.63) is 63.8 Å². The number of rotatable bonds is 5. The van der Waals surface area contributed by atoms with E-state index in [1.807, 2.05) is 39.8 Å². The van der Waals surface area contributed by atoms with E-state index < -0.39 is 23.7 Å². The van der Waals surface area contributed by atoms with E-state index in [1.165, 1.54) is 12.1 Å². The van der Waals surface area contributed by atoms with Crippen molar-refractivity contribution < 1.29 is 35.1 Å². The lowest BCUT2D eigenvalue weighted by molar-refractivity contribution is 0.0198. The summed E-state index contributed by atoms with van der Waals surface area (Å²) in [5, 5.41) is 52.4. The molecule has 1 heterocycles. The lowest BCUT2D eigenvalue weighted by atomic mass is 9.87. The number of carbonyl (C=O) groups excluding carboxylic acids is 1. The van der Waals surface area contributed by atoms with Crippen molar-refractivity contribution in [3.8, 4) is 28.7 Å². The van der Waals surface area contributed by atoms with Crippen molar-refractivity contribution in [2.45, 2.75) is 52.7 Å². The number of hydrogen-bond donors (Lipinski definition) is 5. The van der Waals surface area contributed by atoms with Crippen LogP contribution in [0, 0.1) is 0 Å². The van der Waals surface area contributed by atoms with Gasteiger partial charge in [-0.3, -0.25) is 4.79 Å². The molecule has 2 aromatic rings. The van der Waals surface area contributed by atoms with Crippen LogP contribution in [0.4, 0.5) is 0 Å². The number of Topliss-reactive ketones (excluding diaryl/α,β-unsaturated/α-hetero) is 1. The number of hydrogen-bond acceptors (Lipinski definition) is 7. The molecule has 2 atom stereocenters. The molecule has 0 radical (unpaired) electrons. The van der Waals surface area contributed by atoms with Crippen molar-refractivity contribution in [2.24, 2.45) is 0 Å². The Morgan fingerprint density at radius 2 is 1.53 bits per heavy atom. The van der Waals surface area contributed by atoms with E-state index in [0.717, 1.165) is 17.2 Å². The maximum Gasteiger partial charge on any atom is 0.202 e. The minimum atomic E-state index is -1.71. The Hall–Kier alpha value is -3.45. The number of allylic oxidation sites excluding steroid dienone is 4. The van der Waals surface area contributed by atoms with E-state index in [4.69, 9.17) is 4.74 Å². The van der Waals surface area contributed by atoms with Gasteiger partial charge in [0.15, 0.2) is 12.2 Å². The van der Waals surface area contributed by atoms with Crippen LogP contribution in [0.3, 0.4) is 0 Å². The zero-order valence-corrected chi connectivity index (χ0v) is 18.5. The fourth-order valence-corrected chi connectivity index (χ4v) is 3.65. The summed E-state index contributed by atoms with van der Waals surface area (Å²) in [7, 11) is 0. The van der Waals surface area contributed by atoms with E-state index >= 15 is 0 Å². The summed E-state index contributed by atoms with van der Waals surface area (Å²) in [5.74, 6) is -1.98. The molecule has 1 aliphatic rings. The average molecular weight is 440 g/mol. The Labute approximate surface area is 186 Å². The quantitative estimate of drug-likeness (QED) is 0.441. The number of aliphatic hydroxyl groups excluding tert-OH is 1. The lowest BCUT2D eigenvalue weighted by Gasteiger charge is -2.32. The molecule has 32 heavy (non-hydrogen) atoms. The molecule has 0 bridgehead atoms. The third kappa shape index (κ3) is 4.29. The number of aliphatic hydroxyl groups is 1. The third-order valence-electron chi connectivity index (χ3n) is 5.39. The van der Waals surface area contributed by atoms with Gasteiger partial charge < -0.3 is 30.3 Å². The highest BCUT2D eigenvalue weighted by Gasteiger charge is 2.42. The molecule has 0 saturated heterocycles. The first kappa shape index (κ1) is 23.2. The molecular weight excluding hydrogens is 412 g/mol. The number of aromatic hydroxyl groups is 4.